The monoisotopic (exact) mass is 232 g/mol. The lowest BCUT2D eigenvalue weighted by Gasteiger charge is -2.31. The van der Waals surface area contributed by atoms with Gasteiger partial charge in [-0.15, -0.1) is 0 Å². The van der Waals surface area contributed by atoms with Crippen LogP contribution in [0.5, 0.6) is 0 Å². The molecule has 1 atom stereocenters. The zero-order valence-corrected chi connectivity index (χ0v) is 11.2. The van der Waals surface area contributed by atoms with Crippen molar-refractivity contribution in [3.63, 3.8) is 0 Å². The molecule has 1 unspecified atom stereocenters. The maximum Gasteiger partial charge on any atom is 0.0250 e. The van der Waals surface area contributed by atoms with E-state index in [2.05, 4.69) is 55.3 Å². The molecule has 0 saturated carbocycles. The van der Waals surface area contributed by atoms with E-state index in [9.17, 15) is 0 Å². The lowest BCUT2D eigenvalue weighted by molar-refractivity contribution is 0.152. The van der Waals surface area contributed by atoms with Gasteiger partial charge in [-0.3, -0.25) is 4.90 Å². The van der Waals surface area contributed by atoms with Gasteiger partial charge in [0.05, 0.1) is 0 Å². The number of nitrogens with zero attached hydrogens (tertiary/aromatic N) is 1. The van der Waals surface area contributed by atoms with Crippen molar-refractivity contribution in [2.75, 3.05) is 13.1 Å². The molecule has 0 aromatic heterocycles. The quantitative estimate of drug-likeness (QED) is 0.839. The Kier molecular flexibility index (Phi) is 4.19. The molecule has 1 N–H and O–H groups in total. The van der Waals surface area contributed by atoms with Crippen LogP contribution in [0.15, 0.2) is 24.3 Å². The zero-order valence-electron chi connectivity index (χ0n) is 11.2. The maximum atomic E-state index is 3.49. The van der Waals surface area contributed by atoms with Crippen LogP contribution in [0.3, 0.4) is 0 Å². The fourth-order valence-electron chi connectivity index (χ4n) is 2.67. The third-order valence-electron chi connectivity index (χ3n) is 3.71. The molecule has 0 bridgehead atoms. The van der Waals surface area contributed by atoms with Crippen LogP contribution in [0.25, 0.3) is 0 Å². The van der Waals surface area contributed by atoms with Crippen LogP contribution in [0.1, 0.15) is 31.9 Å². The average Bonchev–Trinajstić information content (AvgIpc) is 2.72. The summed E-state index contributed by atoms with van der Waals surface area (Å²) in [5, 5.41) is 3.49. The van der Waals surface area contributed by atoms with Gasteiger partial charge in [-0.1, -0.05) is 45.0 Å². The number of rotatable bonds is 5. The lowest BCUT2D eigenvalue weighted by Crippen LogP contribution is -2.42. The smallest absolute Gasteiger partial charge is 0.0250 e. The van der Waals surface area contributed by atoms with E-state index in [1.54, 1.807) is 0 Å². The second-order valence-electron chi connectivity index (χ2n) is 5.29. The number of hydrogen-bond donors (Lipinski definition) is 1. The minimum absolute atomic E-state index is 0.641. The zero-order chi connectivity index (χ0) is 12.3. The van der Waals surface area contributed by atoms with Crippen molar-refractivity contribution in [3.05, 3.63) is 35.4 Å². The summed E-state index contributed by atoms with van der Waals surface area (Å²) in [7, 11) is 0. The van der Waals surface area contributed by atoms with Crippen LogP contribution in [-0.4, -0.2) is 24.0 Å². The highest BCUT2D eigenvalue weighted by Crippen LogP contribution is 2.26. The maximum absolute atomic E-state index is 3.49. The molecule has 2 heteroatoms. The minimum atomic E-state index is 0.641. The molecule has 0 spiro atoms. The summed E-state index contributed by atoms with van der Waals surface area (Å²) in [6, 6.07) is 9.47. The van der Waals surface area contributed by atoms with Gasteiger partial charge >= 0.3 is 0 Å². The highest BCUT2D eigenvalue weighted by Gasteiger charge is 2.26. The lowest BCUT2D eigenvalue weighted by atomic mass is 10.0. The van der Waals surface area contributed by atoms with E-state index in [0.717, 1.165) is 26.2 Å². The van der Waals surface area contributed by atoms with Gasteiger partial charge < -0.3 is 5.32 Å². The van der Waals surface area contributed by atoms with E-state index in [4.69, 9.17) is 0 Å². The van der Waals surface area contributed by atoms with Crippen molar-refractivity contribution in [1.82, 2.24) is 10.2 Å². The summed E-state index contributed by atoms with van der Waals surface area (Å²) in [6.07, 6.45) is 0. The molecule has 0 fully saturated rings. The van der Waals surface area contributed by atoms with E-state index in [1.165, 1.54) is 11.1 Å². The second-order valence-corrected chi connectivity index (χ2v) is 5.29. The number of hydrogen-bond acceptors (Lipinski definition) is 2. The fourth-order valence-corrected chi connectivity index (χ4v) is 2.67. The van der Waals surface area contributed by atoms with Gasteiger partial charge in [-0.2, -0.15) is 0 Å². The molecular weight excluding hydrogens is 208 g/mol. The molecule has 1 aromatic carbocycles. The summed E-state index contributed by atoms with van der Waals surface area (Å²) < 4.78 is 0. The Morgan fingerprint density at radius 2 is 1.76 bits per heavy atom. The van der Waals surface area contributed by atoms with Crippen molar-refractivity contribution in [1.29, 1.82) is 0 Å². The summed E-state index contributed by atoms with van der Waals surface area (Å²) in [5.41, 5.74) is 3.02. The standard InChI is InChI=1S/C15H24N2/c1-4-16-9-15(12(2)3)17-10-13-7-5-6-8-14(13)11-17/h5-8,12,15-16H,4,9-11H2,1-3H3. The summed E-state index contributed by atoms with van der Waals surface area (Å²) in [4.78, 5) is 2.61. The first kappa shape index (κ1) is 12.6. The van der Waals surface area contributed by atoms with Crippen molar-refractivity contribution in [2.45, 2.75) is 39.9 Å². The molecular formula is C15H24N2. The van der Waals surface area contributed by atoms with E-state index in [-0.39, 0.29) is 0 Å². The first-order chi connectivity index (χ1) is 8.22. The third kappa shape index (κ3) is 2.88. The highest BCUT2D eigenvalue weighted by atomic mass is 15.2. The van der Waals surface area contributed by atoms with E-state index in [1.807, 2.05) is 0 Å². The molecule has 0 radical (unpaired) electrons. The molecule has 1 aliphatic rings. The first-order valence-electron chi connectivity index (χ1n) is 6.74. The molecule has 1 aliphatic heterocycles. The van der Waals surface area contributed by atoms with Crippen LogP contribution >= 0.6 is 0 Å². The molecule has 2 nitrogen and oxygen atoms in total. The van der Waals surface area contributed by atoms with Crippen LogP contribution in [0.2, 0.25) is 0 Å². The van der Waals surface area contributed by atoms with Gasteiger partial charge in [0.15, 0.2) is 0 Å². The largest absolute Gasteiger partial charge is 0.315 e. The van der Waals surface area contributed by atoms with E-state index in [0.29, 0.717) is 12.0 Å². The molecule has 0 saturated heterocycles. The average molecular weight is 232 g/mol. The number of fused-ring (bicyclic) bond motifs is 1. The Hall–Kier alpha value is -0.860. The van der Waals surface area contributed by atoms with Gasteiger partial charge in [0.1, 0.15) is 0 Å². The van der Waals surface area contributed by atoms with Crippen molar-refractivity contribution >= 4 is 0 Å². The summed E-state index contributed by atoms with van der Waals surface area (Å²) >= 11 is 0. The molecule has 1 heterocycles. The minimum Gasteiger partial charge on any atom is -0.315 e. The van der Waals surface area contributed by atoms with Crippen LogP contribution in [-0.2, 0) is 13.1 Å². The topological polar surface area (TPSA) is 15.3 Å². The van der Waals surface area contributed by atoms with Gasteiger partial charge in [-0.25, -0.2) is 0 Å². The summed E-state index contributed by atoms with van der Waals surface area (Å²) in [6.45, 7) is 11.2. The Bertz CT molecular complexity index is 335. The van der Waals surface area contributed by atoms with Gasteiger partial charge in [0.25, 0.3) is 0 Å². The SMILES string of the molecule is CCNCC(C(C)C)N1Cc2ccccc2C1. The Balaban J connectivity index is 2.03. The summed E-state index contributed by atoms with van der Waals surface area (Å²) in [5.74, 6) is 0.698. The Morgan fingerprint density at radius 1 is 1.18 bits per heavy atom. The van der Waals surface area contributed by atoms with Gasteiger partial charge in [0.2, 0.25) is 0 Å². The van der Waals surface area contributed by atoms with Gasteiger partial charge in [-0.05, 0) is 23.6 Å². The fraction of sp³-hybridized carbons (Fsp3) is 0.600. The van der Waals surface area contributed by atoms with Gasteiger partial charge in [0, 0.05) is 25.7 Å². The predicted octanol–water partition coefficient (Wildman–Crippen LogP) is 2.64. The first-order valence-corrected chi connectivity index (χ1v) is 6.74. The molecule has 94 valence electrons. The van der Waals surface area contributed by atoms with E-state index >= 15 is 0 Å². The predicted molar refractivity (Wildman–Crippen MR) is 72.9 cm³/mol. The number of likely N-dealkylation sites (N-methyl/N-ethyl adjacent to an activating group) is 1. The second kappa shape index (κ2) is 5.65. The third-order valence-corrected chi connectivity index (χ3v) is 3.71. The molecule has 0 amide bonds. The number of benzene rings is 1. The molecule has 0 aliphatic carbocycles. The highest BCUT2D eigenvalue weighted by molar-refractivity contribution is 5.30. The Morgan fingerprint density at radius 3 is 2.24 bits per heavy atom. The van der Waals surface area contributed by atoms with Crippen LogP contribution in [0.4, 0.5) is 0 Å². The Labute approximate surface area is 105 Å². The van der Waals surface area contributed by atoms with Crippen LogP contribution in [0, 0.1) is 5.92 Å². The van der Waals surface area contributed by atoms with Crippen molar-refractivity contribution in [2.24, 2.45) is 5.92 Å². The number of nitrogens with one attached hydrogen (secondary N) is 1. The van der Waals surface area contributed by atoms with Crippen LogP contribution < -0.4 is 5.32 Å². The van der Waals surface area contributed by atoms with Crippen molar-refractivity contribution in [3.8, 4) is 0 Å². The molecule has 17 heavy (non-hydrogen) atoms. The molecule has 1 aromatic rings. The normalized spacial score (nSPS) is 17.4. The van der Waals surface area contributed by atoms with E-state index < -0.39 is 0 Å². The van der Waals surface area contributed by atoms with Crippen molar-refractivity contribution < 1.29 is 0 Å². The molecule has 2 rings (SSSR count).